The lowest BCUT2D eigenvalue weighted by Crippen LogP contribution is -2.38. The Morgan fingerprint density at radius 1 is 1.28 bits per heavy atom. The summed E-state index contributed by atoms with van der Waals surface area (Å²) in [5.74, 6) is 3.00. The Morgan fingerprint density at radius 2 is 2.04 bits per heavy atom. The molecule has 0 radical (unpaired) electrons. The summed E-state index contributed by atoms with van der Waals surface area (Å²) in [4.78, 5) is 9.89. The Bertz CT molecular complexity index is 650. The zero-order valence-electron chi connectivity index (χ0n) is 14.3. The molecule has 0 unspecified atom stereocenters. The summed E-state index contributed by atoms with van der Waals surface area (Å²) in [5.41, 5.74) is 0. The van der Waals surface area contributed by atoms with Crippen molar-refractivity contribution < 1.29 is 4.52 Å². The highest BCUT2D eigenvalue weighted by Crippen LogP contribution is 2.19. The number of hydrogen-bond acceptors (Lipinski definition) is 5. The van der Waals surface area contributed by atoms with E-state index in [-0.39, 0.29) is 24.0 Å². The molecule has 0 fully saturated rings. The van der Waals surface area contributed by atoms with Crippen LogP contribution in [0.5, 0.6) is 0 Å². The van der Waals surface area contributed by atoms with Gasteiger partial charge in [0.15, 0.2) is 11.8 Å². The SMILES string of the molecule is CCNC(=NCCc1nc(C)no1)NCCSc1ccc(Cl)cc1.I. The van der Waals surface area contributed by atoms with Gasteiger partial charge in [0.25, 0.3) is 0 Å². The van der Waals surface area contributed by atoms with E-state index in [4.69, 9.17) is 16.1 Å². The van der Waals surface area contributed by atoms with Gasteiger partial charge in [0, 0.05) is 35.2 Å². The van der Waals surface area contributed by atoms with E-state index in [0.29, 0.717) is 24.7 Å². The zero-order valence-corrected chi connectivity index (χ0v) is 18.2. The molecule has 0 amide bonds. The predicted octanol–water partition coefficient (Wildman–Crippen LogP) is 3.54. The molecule has 6 nitrogen and oxygen atoms in total. The van der Waals surface area contributed by atoms with Crippen LogP contribution in [0.3, 0.4) is 0 Å². The Balaban J connectivity index is 0.00000312. The highest BCUT2D eigenvalue weighted by atomic mass is 127. The number of nitrogens with one attached hydrogen (secondary N) is 2. The second-order valence-electron chi connectivity index (χ2n) is 4.98. The third-order valence-corrected chi connectivity index (χ3v) is 4.25. The standard InChI is InChI=1S/C16H22ClN5OS.HI/c1-3-18-16(19-9-8-15-21-12(2)22-23-15)20-10-11-24-14-6-4-13(17)5-7-14;/h4-7H,3,8-11H2,1-2H3,(H2,18,19,20);1H. The first-order valence-electron chi connectivity index (χ1n) is 7.87. The number of hydrogen-bond donors (Lipinski definition) is 2. The Morgan fingerprint density at radius 3 is 2.68 bits per heavy atom. The third-order valence-electron chi connectivity index (χ3n) is 2.99. The molecule has 0 aliphatic rings. The van der Waals surface area contributed by atoms with Crippen molar-refractivity contribution in [3.63, 3.8) is 0 Å². The number of nitrogens with zero attached hydrogens (tertiary/aromatic N) is 3. The monoisotopic (exact) mass is 495 g/mol. The number of rotatable bonds is 8. The number of benzene rings is 1. The lowest BCUT2D eigenvalue weighted by Gasteiger charge is -2.10. The van der Waals surface area contributed by atoms with Gasteiger partial charge in [-0.3, -0.25) is 4.99 Å². The Kier molecular flexibility index (Phi) is 10.9. The first-order valence-corrected chi connectivity index (χ1v) is 9.23. The van der Waals surface area contributed by atoms with Crippen LogP contribution in [-0.4, -0.2) is 41.5 Å². The number of aryl methyl sites for hydroxylation is 1. The summed E-state index contributed by atoms with van der Waals surface area (Å²) in [6, 6.07) is 7.86. The van der Waals surface area contributed by atoms with E-state index in [9.17, 15) is 0 Å². The quantitative estimate of drug-likeness (QED) is 0.192. The van der Waals surface area contributed by atoms with Crippen molar-refractivity contribution in [3.05, 3.63) is 41.0 Å². The number of aliphatic imine (C=N–C) groups is 1. The minimum atomic E-state index is 0. The average Bonchev–Trinajstić information content (AvgIpc) is 2.98. The number of aromatic nitrogens is 2. The minimum Gasteiger partial charge on any atom is -0.357 e. The number of thioether (sulfide) groups is 1. The average molecular weight is 496 g/mol. The van der Waals surface area contributed by atoms with Gasteiger partial charge >= 0.3 is 0 Å². The molecule has 2 rings (SSSR count). The molecule has 1 aromatic heterocycles. The lowest BCUT2D eigenvalue weighted by molar-refractivity contribution is 0.376. The van der Waals surface area contributed by atoms with Crippen LogP contribution in [0, 0.1) is 6.92 Å². The van der Waals surface area contributed by atoms with Crippen LogP contribution in [0.4, 0.5) is 0 Å². The summed E-state index contributed by atoms with van der Waals surface area (Å²) in [6.45, 7) is 6.08. The van der Waals surface area contributed by atoms with E-state index in [0.717, 1.165) is 29.8 Å². The molecule has 2 aromatic rings. The summed E-state index contributed by atoms with van der Waals surface area (Å²) in [6.07, 6.45) is 0.636. The van der Waals surface area contributed by atoms with E-state index in [1.807, 2.05) is 31.2 Å². The van der Waals surface area contributed by atoms with Crippen LogP contribution in [0.2, 0.25) is 5.02 Å². The summed E-state index contributed by atoms with van der Waals surface area (Å²) in [7, 11) is 0. The van der Waals surface area contributed by atoms with Gasteiger partial charge < -0.3 is 15.2 Å². The molecule has 0 atom stereocenters. The van der Waals surface area contributed by atoms with E-state index in [1.165, 1.54) is 4.90 Å². The fraction of sp³-hybridized carbons (Fsp3) is 0.438. The molecule has 0 saturated carbocycles. The maximum atomic E-state index is 5.88. The first kappa shape index (κ1) is 22.0. The minimum absolute atomic E-state index is 0. The van der Waals surface area contributed by atoms with Crippen molar-refractivity contribution in [1.29, 1.82) is 0 Å². The molecule has 9 heteroatoms. The van der Waals surface area contributed by atoms with Crippen LogP contribution < -0.4 is 10.6 Å². The Hall–Kier alpha value is -1.000. The van der Waals surface area contributed by atoms with Gasteiger partial charge in [0.05, 0.1) is 6.54 Å². The molecular formula is C16H23ClIN5OS. The summed E-state index contributed by atoms with van der Waals surface area (Å²) < 4.78 is 5.08. The topological polar surface area (TPSA) is 75.3 Å². The van der Waals surface area contributed by atoms with Gasteiger partial charge in [0.1, 0.15) is 0 Å². The maximum absolute atomic E-state index is 5.88. The summed E-state index contributed by atoms with van der Waals surface area (Å²) in [5, 5.41) is 11.1. The maximum Gasteiger partial charge on any atom is 0.228 e. The molecule has 0 aliphatic heterocycles. The largest absolute Gasteiger partial charge is 0.357 e. The van der Waals surface area contributed by atoms with Gasteiger partial charge in [-0.2, -0.15) is 4.98 Å². The molecule has 0 spiro atoms. The van der Waals surface area contributed by atoms with Gasteiger partial charge in [-0.1, -0.05) is 16.8 Å². The molecule has 25 heavy (non-hydrogen) atoms. The van der Waals surface area contributed by atoms with Gasteiger partial charge in [-0.05, 0) is 38.1 Å². The first-order chi connectivity index (χ1) is 11.7. The lowest BCUT2D eigenvalue weighted by atomic mass is 10.4. The normalized spacial score (nSPS) is 11.1. The highest BCUT2D eigenvalue weighted by molar-refractivity contribution is 14.0. The highest BCUT2D eigenvalue weighted by Gasteiger charge is 2.02. The number of halogens is 2. The third kappa shape index (κ3) is 8.77. The fourth-order valence-electron chi connectivity index (χ4n) is 1.92. The predicted molar refractivity (Wildman–Crippen MR) is 114 cm³/mol. The van der Waals surface area contributed by atoms with Crippen LogP contribution in [0.25, 0.3) is 0 Å². The van der Waals surface area contributed by atoms with Crippen molar-refractivity contribution in [2.45, 2.75) is 25.2 Å². The van der Waals surface area contributed by atoms with Crippen molar-refractivity contribution in [2.75, 3.05) is 25.4 Å². The van der Waals surface area contributed by atoms with Crippen molar-refractivity contribution in [1.82, 2.24) is 20.8 Å². The zero-order chi connectivity index (χ0) is 17.2. The van der Waals surface area contributed by atoms with Crippen LogP contribution >= 0.6 is 47.3 Å². The van der Waals surface area contributed by atoms with Crippen LogP contribution in [0.1, 0.15) is 18.6 Å². The molecule has 0 aliphatic carbocycles. The van der Waals surface area contributed by atoms with Gasteiger partial charge in [0.2, 0.25) is 5.89 Å². The molecule has 1 aromatic carbocycles. The van der Waals surface area contributed by atoms with E-state index < -0.39 is 0 Å². The van der Waals surface area contributed by atoms with Crippen LogP contribution in [-0.2, 0) is 6.42 Å². The molecule has 2 N–H and O–H groups in total. The smallest absolute Gasteiger partial charge is 0.228 e. The van der Waals surface area contributed by atoms with Gasteiger partial charge in [-0.25, -0.2) is 0 Å². The summed E-state index contributed by atoms with van der Waals surface area (Å²) >= 11 is 7.66. The van der Waals surface area contributed by atoms with E-state index in [1.54, 1.807) is 18.7 Å². The van der Waals surface area contributed by atoms with Crippen LogP contribution in [0.15, 0.2) is 38.7 Å². The van der Waals surface area contributed by atoms with Gasteiger partial charge in [-0.15, -0.1) is 35.7 Å². The van der Waals surface area contributed by atoms with E-state index >= 15 is 0 Å². The Labute approximate surface area is 174 Å². The second-order valence-corrected chi connectivity index (χ2v) is 6.58. The van der Waals surface area contributed by atoms with Crippen molar-refractivity contribution in [3.8, 4) is 0 Å². The second kappa shape index (κ2) is 12.4. The molecule has 0 saturated heterocycles. The fourth-order valence-corrected chi connectivity index (χ4v) is 2.81. The molecule has 138 valence electrons. The molecular weight excluding hydrogens is 473 g/mol. The van der Waals surface area contributed by atoms with Crippen molar-refractivity contribution >= 4 is 53.3 Å². The molecule has 1 heterocycles. The van der Waals surface area contributed by atoms with E-state index in [2.05, 4.69) is 25.8 Å². The van der Waals surface area contributed by atoms with Crippen molar-refractivity contribution in [2.24, 2.45) is 4.99 Å². The number of guanidine groups is 1. The molecule has 0 bridgehead atoms.